The van der Waals surface area contributed by atoms with Gasteiger partial charge in [0.1, 0.15) is 5.82 Å². The highest BCUT2D eigenvalue weighted by Crippen LogP contribution is 2.22. The summed E-state index contributed by atoms with van der Waals surface area (Å²) in [6.07, 6.45) is 0.800. The van der Waals surface area contributed by atoms with Crippen LogP contribution in [0.3, 0.4) is 0 Å². The smallest absolute Gasteiger partial charge is 0.229 e. The highest BCUT2D eigenvalue weighted by molar-refractivity contribution is 9.10. The summed E-state index contributed by atoms with van der Waals surface area (Å²) >= 11 is 9.50. The molecule has 0 atom stereocenters. The SMILES string of the molecule is CCc1nnc(Cl)n1-c1ccc(Br)c(C)c1. The Labute approximate surface area is 108 Å². The van der Waals surface area contributed by atoms with E-state index in [0.717, 1.165) is 28.0 Å². The van der Waals surface area contributed by atoms with Crippen LogP contribution >= 0.6 is 27.5 Å². The number of halogens is 2. The second-order valence-electron chi connectivity index (χ2n) is 3.51. The fraction of sp³-hybridized carbons (Fsp3) is 0.273. The molecular weight excluding hydrogens is 289 g/mol. The van der Waals surface area contributed by atoms with Crippen molar-refractivity contribution in [3.63, 3.8) is 0 Å². The minimum atomic E-state index is 0.401. The molecule has 0 unspecified atom stereocenters. The lowest BCUT2D eigenvalue weighted by Crippen LogP contribution is -2.00. The summed E-state index contributed by atoms with van der Waals surface area (Å²) in [4.78, 5) is 0. The number of benzene rings is 1. The van der Waals surface area contributed by atoms with Gasteiger partial charge in [0.15, 0.2) is 0 Å². The predicted molar refractivity (Wildman–Crippen MR) is 68.2 cm³/mol. The van der Waals surface area contributed by atoms with Gasteiger partial charge in [0.05, 0.1) is 5.69 Å². The zero-order chi connectivity index (χ0) is 11.7. The number of rotatable bonds is 2. The van der Waals surface area contributed by atoms with Gasteiger partial charge in [-0.1, -0.05) is 22.9 Å². The van der Waals surface area contributed by atoms with E-state index in [4.69, 9.17) is 11.6 Å². The first-order chi connectivity index (χ1) is 7.63. The second kappa shape index (κ2) is 4.55. The first kappa shape index (κ1) is 11.6. The third-order valence-electron chi connectivity index (χ3n) is 2.41. The Morgan fingerprint density at radius 2 is 2.12 bits per heavy atom. The van der Waals surface area contributed by atoms with Gasteiger partial charge in [0, 0.05) is 10.9 Å². The second-order valence-corrected chi connectivity index (χ2v) is 4.70. The Kier molecular flexibility index (Phi) is 3.30. The quantitative estimate of drug-likeness (QED) is 0.849. The normalized spacial score (nSPS) is 10.8. The van der Waals surface area contributed by atoms with Gasteiger partial charge in [-0.25, -0.2) is 0 Å². The monoisotopic (exact) mass is 299 g/mol. The third-order valence-corrected chi connectivity index (χ3v) is 3.54. The van der Waals surface area contributed by atoms with Crippen LogP contribution < -0.4 is 0 Å². The summed E-state index contributed by atoms with van der Waals surface area (Å²) in [6.45, 7) is 4.07. The molecule has 2 rings (SSSR count). The van der Waals surface area contributed by atoms with Gasteiger partial charge in [0.25, 0.3) is 0 Å². The van der Waals surface area contributed by atoms with E-state index in [1.54, 1.807) is 0 Å². The predicted octanol–water partition coefficient (Wildman–Crippen LogP) is 3.55. The van der Waals surface area contributed by atoms with Crippen LogP contribution in [-0.4, -0.2) is 14.8 Å². The number of nitrogens with zero attached hydrogens (tertiary/aromatic N) is 3. The Balaban J connectivity index is 2.57. The third kappa shape index (κ3) is 1.99. The first-order valence-corrected chi connectivity index (χ1v) is 6.17. The fourth-order valence-electron chi connectivity index (χ4n) is 1.55. The van der Waals surface area contributed by atoms with Gasteiger partial charge in [-0.3, -0.25) is 4.57 Å². The molecule has 0 N–H and O–H groups in total. The Morgan fingerprint density at radius 1 is 1.38 bits per heavy atom. The molecule has 0 spiro atoms. The Hall–Kier alpha value is -0.870. The van der Waals surface area contributed by atoms with Crippen molar-refractivity contribution >= 4 is 27.5 Å². The van der Waals surface area contributed by atoms with Crippen molar-refractivity contribution in [3.05, 3.63) is 39.3 Å². The van der Waals surface area contributed by atoms with E-state index in [2.05, 4.69) is 32.2 Å². The molecule has 0 fully saturated rings. The molecule has 0 radical (unpaired) electrons. The van der Waals surface area contributed by atoms with Crippen molar-refractivity contribution in [2.24, 2.45) is 0 Å². The molecule has 0 amide bonds. The summed E-state index contributed by atoms with van der Waals surface area (Å²) in [5, 5.41) is 8.32. The van der Waals surface area contributed by atoms with Crippen LogP contribution in [0.2, 0.25) is 5.28 Å². The van der Waals surface area contributed by atoms with Crippen LogP contribution in [0.15, 0.2) is 22.7 Å². The van der Waals surface area contributed by atoms with Crippen LogP contribution in [0, 0.1) is 6.92 Å². The number of hydrogen-bond donors (Lipinski definition) is 0. The largest absolute Gasteiger partial charge is 0.270 e. The van der Waals surface area contributed by atoms with Crippen molar-refractivity contribution in [1.82, 2.24) is 14.8 Å². The van der Waals surface area contributed by atoms with E-state index >= 15 is 0 Å². The standard InChI is InChI=1S/C11H11BrClN3/c1-3-10-14-15-11(13)16(10)8-4-5-9(12)7(2)6-8/h4-6H,3H2,1-2H3. The van der Waals surface area contributed by atoms with E-state index in [1.165, 1.54) is 0 Å². The summed E-state index contributed by atoms with van der Waals surface area (Å²) in [5.74, 6) is 0.867. The number of aryl methyl sites for hydroxylation is 2. The summed E-state index contributed by atoms with van der Waals surface area (Å²) in [7, 11) is 0. The maximum Gasteiger partial charge on any atom is 0.229 e. The van der Waals surface area contributed by atoms with Gasteiger partial charge >= 0.3 is 0 Å². The molecule has 0 saturated carbocycles. The van der Waals surface area contributed by atoms with Crippen LogP contribution in [0.1, 0.15) is 18.3 Å². The topological polar surface area (TPSA) is 30.7 Å². The lowest BCUT2D eigenvalue weighted by atomic mass is 10.2. The maximum absolute atomic E-state index is 6.03. The van der Waals surface area contributed by atoms with Crippen molar-refractivity contribution in [1.29, 1.82) is 0 Å². The van der Waals surface area contributed by atoms with Gasteiger partial charge in [-0.05, 0) is 42.3 Å². The Morgan fingerprint density at radius 3 is 2.75 bits per heavy atom. The lowest BCUT2D eigenvalue weighted by molar-refractivity contribution is 0.882. The van der Waals surface area contributed by atoms with Gasteiger partial charge in [-0.15, -0.1) is 10.2 Å². The molecule has 0 aliphatic heterocycles. The molecular formula is C11H11BrClN3. The van der Waals surface area contributed by atoms with Gasteiger partial charge < -0.3 is 0 Å². The summed E-state index contributed by atoms with van der Waals surface area (Å²) < 4.78 is 2.94. The first-order valence-electron chi connectivity index (χ1n) is 4.99. The zero-order valence-electron chi connectivity index (χ0n) is 9.04. The fourth-order valence-corrected chi connectivity index (χ4v) is 2.03. The molecule has 1 heterocycles. The van der Waals surface area contributed by atoms with E-state index in [-0.39, 0.29) is 0 Å². The Bertz CT molecular complexity index is 522. The van der Waals surface area contributed by atoms with Crippen LogP contribution in [0.25, 0.3) is 5.69 Å². The lowest BCUT2D eigenvalue weighted by Gasteiger charge is -2.08. The molecule has 0 saturated heterocycles. The van der Waals surface area contributed by atoms with Gasteiger partial charge in [-0.2, -0.15) is 0 Å². The summed E-state index contributed by atoms with van der Waals surface area (Å²) in [5.41, 5.74) is 2.15. The van der Waals surface area contributed by atoms with Crippen LogP contribution in [-0.2, 0) is 6.42 Å². The number of hydrogen-bond acceptors (Lipinski definition) is 2. The molecule has 2 aromatic rings. The molecule has 16 heavy (non-hydrogen) atoms. The zero-order valence-corrected chi connectivity index (χ0v) is 11.4. The minimum Gasteiger partial charge on any atom is -0.270 e. The molecule has 3 nitrogen and oxygen atoms in total. The molecule has 0 aliphatic carbocycles. The average Bonchev–Trinajstić information content (AvgIpc) is 2.64. The molecule has 5 heteroatoms. The molecule has 1 aromatic carbocycles. The van der Waals surface area contributed by atoms with E-state index in [9.17, 15) is 0 Å². The van der Waals surface area contributed by atoms with Crippen molar-refractivity contribution in [3.8, 4) is 5.69 Å². The van der Waals surface area contributed by atoms with E-state index in [0.29, 0.717) is 5.28 Å². The summed E-state index contributed by atoms with van der Waals surface area (Å²) in [6, 6.07) is 6.05. The molecule has 1 aromatic heterocycles. The molecule has 0 aliphatic rings. The minimum absolute atomic E-state index is 0.401. The van der Waals surface area contributed by atoms with Crippen LogP contribution in [0.5, 0.6) is 0 Å². The average molecular weight is 301 g/mol. The maximum atomic E-state index is 6.03. The number of aromatic nitrogens is 3. The van der Waals surface area contributed by atoms with Crippen molar-refractivity contribution < 1.29 is 0 Å². The highest BCUT2D eigenvalue weighted by Gasteiger charge is 2.10. The van der Waals surface area contributed by atoms with E-state index < -0.39 is 0 Å². The van der Waals surface area contributed by atoms with Crippen LogP contribution in [0.4, 0.5) is 0 Å². The van der Waals surface area contributed by atoms with Crippen molar-refractivity contribution in [2.45, 2.75) is 20.3 Å². The van der Waals surface area contributed by atoms with E-state index in [1.807, 2.05) is 30.5 Å². The molecule has 0 bridgehead atoms. The van der Waals surface area contributed by atoms with Gasteiger partial charge in [0.2, 0.25) is 5.28 Å². The van der Waals surface area contributed by atoms with Crippen molar-refractivity contribution in [2.75, 3.05) is 0 Å². The highest BCUT2D eigenvalue weighted by atomic mass is 79.9. The molecule has 84 valence electrons.